The minimum atomic E-state index is -0.355. The lowest BCUT2D eigenvalue weighted by atomic mass is 10.2. The van der Waals surface area contributed by atoms with Gasteiger partial charge in [0.25, 0.3) is 5.91 Å². The number of hydrogen-bond donors (Lipinski definition) is 2. The maximum Gasteiger partial charge on any atom is 0.281 e. The Bertz CT molecular complexity index is 842. The first-order valence-electron chi connectivity index (χ1n) is 7.28. The molecule has 0 aliphatic rings. The zero-order valence-electron chi connectivity index (χ0n) is 12.9. The quantitative estimate of drug-likeness (QED) is 0.705. The van der Waals surface area contributed by atoms with Gasteiger partial charge in [-0.1, -0.05) is 36.4 Å². The van der Waals surface area contributed by atoms with Crippen LogP contribution in [0.2, 0.25) is 0 Å². The van der Waals surface area contributed by atoms with Crippen LogP contribution in [0.5, 0.6) is 0 Å². The van der Waals surface area contributed by atoms with Crippen LogP contribution in [-0.4, -0.2) is 16.8 Å². The van der Waals surface area contributed by atoms with Crippen molar-refractivity contribution >= 4 is 34.5 Å². The summed E-state index contributed by atoms with van der Waals surface area (Å²) in [5.41, 5.74) is 6.50. The third kappa shape index (κ3) is 3.87. The molecule has 0 radical (unpaired) electrons. The van der Waals surface area contributed by atoms with Gasteiger partial charge in [-0.15, -0.1) is 22.7 Å². The van der Waals surface area contributed by atoms with Crippen LogP contribution >= 0.6 is 22.7 Å². The first-order valence-corrected chi connectivity index (χ1v) is 8.97. The standard InChI is InChI=1S/C17H15N3O2S2/c1-11-15(24-17(18-11)12-6-3-2-4-7-12)16(22)20-19-14(21)10-13-8-5-9-23-13/h2-9H,10H2,1H3,(H,19,21)(H,20,22). The summed E-state index contributed by atoms with van der Waals surface area (Å²) in [5.74, 6) is -0.608. The summed E-state index contributed by atoms with van der Waals surface area (Å²) in [6.45, 7) is 1.78. The lowest BCUT2D eigenvalue weighted by Crippen LogP contribution is -2.42. The van der Waals surface area contributed by atoms with Gasteiger partial charge in [-0.05, 0) is 18.4 Å². The highest BCUT2D eigenvalue weighted by atomic mass is 32.1. The molecule has 0 aliphatic carbocycles. The smallest absolute Gasteiger partial charge is 0.273 e. The number of nitrogens with one attached hydrogen (secondary N) is 2. The molecule has 5 nitrogen and oxygen atoms in total. The van der Waals surface area contributed by atoms with Crippen LogP contribution in [0.3, 0.4) is 0 Å². The van der Waals surface area contributed by atoms with Crippen LogP contribution in [0.25, 0.3) is 10.6 Å². The Balaban J connectivity index is 1.63. The monoisotopic (exact) mass is 357 g/mol. The van der Waals surface area contributed by atoms with Crippen molar-refractivity contribution in [1.82, 2.24) is 15.8 Å². The number of carbonyl (C=O) groups is 2. The molecule has 0 bridgehead atoms. The zero-order chi connectivity index (χ0) is 16.9. The van der Waals surface area contributed by atoms with E-state index in [1.807, 2.05) is 47.8 Å². The number of carbonyl (C=O) groups excluding carboxylic acids is 2. The van der Waals surface area contributed by atoms with Gasteiger partial charge in [0, 0.05) is 10.4 Å². The Morgan fingerprint density at radius 3 is 2.58 bits per heavy atom. The summed E-state index contributed by atoms with van der Waals surface area (Å²) in [6.07, 6.45) is 0.245. The highest BCUT2D eigenvalue weighted by Gasteiger charge is 2.16. The maximum atomic E-state index is 12.3. The topological polar surface area (TPSA) is 71.1 Å². The van der Waals surface area contributed by atoms with E-state index in [2.05, 4.69) is 15.8 Å². The largest absolute Gasteiger partial charge is 0.281 e. The number of rotatable bonds is 4. The van der Waals surface area contributed by atoms with Gasteiger partial charge in [-0.3, -0.25) is 20.4 Å². The molecule has 0 atom stereocenters. The number of benzene rings is 1. The predicted octanol–water partition coefficient (Wildman–Crippen LogP) is 3.18. The average molecular weight is 357 g/mol. The Morgan fingerprint density at radius 1 is 1.08 bits per heavy atom. The van der Waals surface area contributed by atoms with Crippen LogP contribution in [0.15, 0.2) is 47.8 Å². The van der Waals surface area contributed by atoms with Crippen LogP contribution < -0.4 is 10.9 Å². The van der Waals surface area contributed by atoms with E-state index < -0.39 is 0 Å². The molecule has 0 spiro atoms. The summed E-state index contributed by atoms with van der Waals surface area (Å²) in [6, 6.07) is 13.4. The molecule has 2 heterocycles. The molecule has 2 amide bonds. The fourth-order valence-electron chi connectivity index (χ4n) is 2.11. The van der Waals surface area contributed by atoms with Crippen LogP contribution in [0, 0.1) is 6.92 Å². The van der Waals surface area contributed by atoms with E-state index in [1.54, 1.807) is 6.92 Å². The Kier molecular flexibility index (Phi) is 5.02. The molecule has 1 aromatic carbocycles. The Hall–Kier alpha value is -2.51. The molecule has 0 saturated heterocycles. The van der Waals surface area contributed by atoms with E-state index in [4.69, 9.17) is 0 Å². The van der Waals surface area contributed by atoms with Gasteiger partial charge in [-0.25, -0.2) is 4.98 Å². The van der Waals surface area contributed by atoms with E-state index in [0.717, 1.165) is 15.4 Å². The molecule has 2 N–H and O–H groups in total. The maximum absolute atomic E-state index is 12.3. The fourth-order valence-corrected chi connectivity index (χ4v) is 3.78. The van der Waals surface area contributed by atoms with Gasteiger partial charge in [0.15, 0.2) is 0 Å². The molecular weight excluding hydrogens is 342 g/mol. The SMILES string of the molecule is Cc1nc(-c2ccccc2)sc1C(=O)NNC(=O)Cc1cccs1. The van der Waals surface area contributed by atoms with Crippen molar-refractivity contribution in [2.75, 3.05) is 0 Å². The Morgan fingerprint density at radius 2 is 1.88 bits per heavy atom. The second-order valence-electron chi connectivity index (χ2n) is 5.06. The fraction of sp³-hybridized carbons (Fsp3) is 0.118. The number of aromatic nitrogens is 1. The van der Waals surface area contributed by atoms with E-state index in [1.165, 1.54) is 22.7 Å². The second kappa shape index (κ2) is 7.37. The number of amides is 2. The third-order valence-corrected chi connectivity index (χ3v) is 5.34. The highest BCUT2D eigenvalue weighted by Crippen LogP contribution is 2.27. The molecular formula is C17H15N3O2S2. The molecule has 7 heteroatoms. The van der Waals surface area contributed by atoms with Crippen molar-refractivity contribution in [3.8, 4) is 10.6 Å². The number of thiophene rings is 1. The van der Waals surface area contributed by atoms with Crippen molar-refractivity contribution in [1.29, 1.82) is 0 Å². The summed E-state index contributed by atoms with van der Waals surface area (Å²) < 4.78 is 0. The summed E-state index contributed by atoms with van der Waals surface area (Å²) in [4.78, 5) is 30.0. The van der Waals surface area contributed by atoms with Gasteiger partial charge >= 0.3 is 0 Å². The minimum Gasteiger partial charge on any atom is -0.273 e. The molecule has 3 aromatic rings. The molecule has 3 rings (SSSR count). The average Bonchev–Trinajstić information content (AvgIpc) is 3.23. The zero-order valence-corrected chi connectivity index (χ0v) is 14.5. The third-order valence-electron chi connectivity index (χ3n) is 3.25. The summed E-state index contributed by atoms with van der Waals surface area (Å²) in [7, 11) is 0. The number of hydrogen-bond acceptors (Lipinski definition) is 5. The normalized spacial score (nSPS) is 10.4. The van der Waals surface area contributed by atoms with E-state index in [0.29, 0.717) is 10.6 Å². The van der Waals surface area contributed by atoms with Gasteiger partial charge in [0.05, 0.1) is 12.1 Å². The van der Waals surface area contributed by atoms with Gasteiger partial charge in [-0.2, -0.15) is 0 Å². The molecule has 0 fully saturated rings. The van der Waals surface area contributed by atoms with Crippen molar-refractivity contribution in [3.63, 3.8) is 0 Å². The van der Waals surface area contributed by atoms with Crippen molar-refractivity contribution in [3.05, 3.63) is 63.3 Å². The predicted molar refractivity (Wildman–Crippen MR) is 95.9 cm³/mol. The first-order chi connectivity index (χ1) is 11.6. The number of nitrogens with zero attached hydrogens (tertiary/aromatic N) is 1. The number of aryl methyl sites for hydroxylation is 1. The van der Waals surface area contributed by atoms with Crippen molar-refractivity contribution in [2.45, 2.75) is 13.3 Å². The van der Waals surface area contributed by atoms with E-state index in [9.17, 15) is 9.59 Å². The molecule has 0 aliphatic heterocycles. The molecule has 24 heavy (non-hydrogen) atoms. The van der Waals surface area contributed by atoms with Crippen LogP contribution in [0.1, 0.15) is 20.2 Å². The summed E-state index contributed by atoms with van der Waals surface area (Å²) >= 11 is 2.81. The summed E-state index contributed by atoms with van der Waals surface area (Å²) in [5, 5.41) is 2.69. The van der Waals surface area contributed by atoms with Crippen molar-refractivity contribution < 1.29 is 9.59 Å². The molecule has 0 saturated carbocycles. The molecule has 2 aromatic heterocycles. The number of hydrazine groups is 1. The first kappa shape index (κ1) is 16.4. The van der Waals surface area contributed by atoms with Gasteiger partial charge in [0.1, 0.15) is 9.88 Å². The minimum absolute atomic E-state index is 0.245. The molecule has 0 unspecified atom stereocenters. The van der Waals surface area contributed by atoms with Crippen LogP contribution in [0.4, 0.5) is 0 Å². The van der Waals surface area contributed by atoms with Gasteiger partial charge < -0.3 is 0 Å². The number of thiazole rings is 1. The van der Waals surface area contributed by atoms with E-state index in [-0.39, 0.29) is 18.2 Å². The van der Waals surface area contributed by atoms with E-state index >= 15 is 0 Å². The van der Waals surface area contributed by atoms with Gasteiger partial charge in [0.2, 0.25) is 5.91 Å². The second-order valence-corrected chi connectivity index (χ2v) is 7.09. The Labute approximate surface area is 147 Å². The van der Waals surface area contributed by atoms with Crippen LogP contribution in [-0.2, 0) is 11.2 Å². The lowest BCUT2D eigenvalue weighted by molar-refractivity contribution is -0.121. The molecule has 122 valence electrons. The highest BCUT2D eigenvalue weighted by molar-refractivity contribution is 7.17. The lowest BCUT2D eigenvalue weighted by Gasteiger charge is -2.05. The van der Waals surface area contributed by atoms with Crippen molar-refractivity contribution in [2.24, 2.45) is 0 Å².